The lowest BCUT2D eigenvalue weighted by Gasteiger charge is -2.27. The zero-order valence-corrected chi connectivity index (χ0v) is 12.3. The number of aromatic nitrogens is 1. The summed E-state index contributed by atoms with van der Waals surface area (Å²) in [6.45, 7) is 7.45. The highest BCUT2D eigenvalue weighted by atomic mass is 32.1. The van der Waals surface area contributed by atoms with Crippen LogP contribution in [0.15, 0.2) is 5.38 Å². The van der Waals surface area contributed by atoms with E-state index < -0.39 is 23.5 Å². The van der Waals surface area contributed by atoms with Gasteiger partial charge in [0.2, 0.25) is 0 Å². The van der Waals surface area contributed by atoms with Gasteiger partial charge >= 0.3 is 12.0 Å². The van der Waals surface area contributed by atoms with Gasteiger partial charge in [-0.05, 0) is 12.3 Å². The molecule has 0 aliphatic rings. The van der Waals surface area contributed by atoms with Crippen molar-refractivity contribution in [1.82, 2.24) is 15.6 Å². The van der Waals surface area contributed by atoms with E-state index in [0.29, 0.717) is 6.54 Å². The molecule has 7 heteroatoms. The van der Waals surface area contributed by atoms with Gasteiger partial charge in [0, 0.05) is 11.1 Å². The average Bonchev–Trinajstić information content (AvgIpc) is 2.67. The fourth-order valence-electron chi connectivity index (χ4n) is 1.47. The van der Waals surface area contributed by atoms with Gasteiger partial charge in [-0.15, -0.1) is 11.3 Å². The van der Waals surface area contributed by atoms with Crippen molar-refractivity contribution in [2.45, 2.75) is 40.3 Å². The normalized spacial score (nSPS) is 12.8. The number of carboxylic acid groups (broad SMARTS) is 1. The van der Waals surface area contributed by atoms with Gasteiger partial charge in [0.05, 0.1) is 6.54 Å². The summed E-state index contributed by atoms with van der Waals surface area (Å²) in [7, 11) is 0. The Morgan fingerprint density at radius 2 is 2.11 bits per heavy atom. The number of rotatable bonds is 4. The maximum Gasteiger partial charge on any atom is 0.326 e. The van der Waals surface area contributed by atoms with Crippen LogP contribution >= 0.6 is 11.3 Å². The molecule has 0 saturated heterocycles. The fraction of sp³-hybridized carbons (Fsp3) is 0.583. The van der Waals surface area contributed by atoms with Crippen LogP contribution in [0.3, 0.4) is 0 Å². The molecule has 0 aromatic carbocycles. The van der Waals surface area contributed by atoms with Gasteiger partial charge in [-0.1, -0.05) is 20.8 Å². The number of thiazole rings is 1. The lowest BCUT2D eigenvalue weighted by molar-refractivity contribution is -0.141. The van der Waals surface area contributed by atoms with Gasteiger partial charge in [0.15, 0.2) is 0 Å². The lowest BCUT2D eigenvalue weighted by atomic mass is 9.87. The van der Waals surface area contributed by atoms with E-state index in [9.17, 15) is 9.59 Å². The molecule has 2 amide bonds. The molecule has 19 heavy (non-hydrogen) atoms. The number of nitrogens with zero attached hydrogens (tertiary/aromatic N) is 1. The molecule has 106 valence electrons. The summed E-state index contributed by atoms with van der Waals surface area (Å²) in [5, 5.41) is 16.8. The molecule has 0 fully saturated rings. The Hall–Kier alpha value is -1.63. The molecular formula is C12H19N3O3S. The van der Waals surface area contributed by atoms with Gasteiger partial charge < -0.3 is 15.7 Å². The van der Waals surface area contributed by atoms with E-state index in [-0.39, 0.29) is 0 Å². The van der Waals surface area contributed by atoms with Crippen molar-refractivity contribution in [2.75, 3.05) is 0 Å². The Bertz CT molecular complexity index is 465. The molecule has 1 aromatic heterocycles. The predicted octanol–water partition coefficient (Wildman–Crippen LogP) is 1.75. The van der Waals surface area contributed by atoms with Crippen molar-refractivity contribution in [2.24, 2.45) is 5.41 Å². The smallest absolute Gasteiger partial charge is 0.326 e. The zero-order chi connectivity index (χ0) is 14.6. The van der Waals surface area contributed by atoms with E-state index in [2.05, 4.69) is 15.6 Å². The third kappa shape index (κ3) is 4.86. The summed E-state index contributed by atoms with van der Waals surface area (Å²) in [6, 6.07) is -1.44. The molecule has 3 N–H and O–H groups in total. The van der Waals surface area contributed by atoms with Crippen molar-refractivity contribution >= 4 is 23.3 Å². The highest BCUT2D eigenvalue weighted by molar-refractivity contribution is 7.09. The van der Waals surface area contributed by atoms with Crippen LogP contribution in [-0.4, -0.2) is 28.1 Å². The average molecular weight is 285 g/mol. The number of aliphatic carboxylic acids is 1. The summed E-state index contributed by atoms with van der Waals surface area (Å²) in [5.41, 5.74) is 0.348. The number of hydrogen-bond acceptors (Lipinski definition) is 4. The molecule has 0 aliphatic carbocycles. The van der Waals surface area contributed by atoms with Crippen LogP contribution in [0.1, 0.15) is 31.5 Å². The topological polar surface area (TPSA) is 91.3 Å². The van der Waals surface area contributed by atoms with Crippen molar-refractivity contribution in [1.29, 1.82) is 0 Å². The van der Waals surface area contributed by atoms with Gasteiger partial charge in [0.1, 0.15) is 11.0 Å². The maximum atomic E-state index is 11.7. The van der Waals surface area contributed by atoms with E-state index >= 15 is 0 Å². The van der Waals surface area contributed by atoms with Crippen molar-refractivity contribution in [3.63, 3.8) is 0 Å². The summed E-state index contributed by atoms with van der Waals surface area (Å²) in [4.78, 5) is 27.0. The van der Waals surface area contributed by atoms with Crippen LogP contribution in [0.5, 0.6) is 0 Å². The molecule has 0 aliphatic heterocycles. The Morgan fingerprint density at radius 1 is 1.47 bits per heavy atom. The fourth-order valence-corrected chi connectivity index (χ4v) is 2.18. The van der Waals surface area contributed by atoms with Crippen LogP contribution in [0, 0.1) is 12.3 Å². The van der Waals surface area contributed by atoms with Crippen molar-refractivity contribution in [3.05, 3.63) is 16.1 Å². The van der Waals surface area contributed by atoms with Gasteiger partial charge in [-0.3, -0.25) is 0 Å². The number of amides is 2. The van der Waals surface area contributed by atoms with Crippen LogP contribution in [0.4, 0.5) is 4.79 Å². The summed E-state index contributed by atoms with van der Waals surface area (Å²) in [6.07, 6.45) is 0. The van der Waals surface area contributed by atoms with E-state index in [0.717, 1.165) is 10.7 Å². The van der Waals surface area contributed by atoms with E-state index in [1.54, 1.807) is 20.8 Å². The van der Waals surface area contributed by atoms with Crippen molar-refractivity contribution in [3.8, 4) is 0 Å². The highest BCUT2D eigenvalue weighted by Crippen LogP contribution is 2.19. The lowest BCUT2D eigenvalue weighted by Crippen LogP contribution is -2.52. The molecule has 1 rings (SSSR count). The van der Waals surface area contributed by atoms with Crippen LogP contribution in [0.25, 0.3) is 0 Å². The minimum Gasteiger partial charge on any atom is -0.480 e. The number of nitrogens with one attached hydrogen (secondary N) is 2. The molecule has 1 atom stereocenters. The first-order valence-corrected chi connectivity index (χ1v) is 6.76. The molecule has 0 unspecified atom stereocenters. The first-order chi connectivity index (χ1) is 8.70. The number of carbonyl (C=O) groups excluding carboxylic acids is 1. The van der Waals surface area contributed by atoms with E-state index in [4.69, 9.17) is 5.11 Å². The molecule has 6 nitrogen and oxygen atoms in total. The van der Waals surface area contributed by atoms with Crippen LogP contribution < -0.4 is 10.6 Å². The largest absolute Gasteiger partial charge is 0.480 e. The van der Waals surface area contributed by atoms with Gasteiger partial charge in [0.25, 0.3) is 0 Å². The third-order valence-corrected chi connectivity index (χ3v) is 3.42. The molecular weight excluding hydrogens is 266 g/mol. The maximum absolute atomic E-state index is 11.7. The quantitative estimate of drug-likeness (QED) is 0.786. The van der Waals surface area contributed by atoms with Crippen molar-refractivity contribution < 1.29 is 14.7 Å². The minimum absolute atomic E-state index is 0.292. The first kappa shape index (κ1) is 15.4. The second kappa shape index (κ2) is 6.01. The molecule has 0 spiro atoms. The molecule has 0 bridgehead atoms. The second-order valence-electron chi connectivity index (χ2n) is 5.35. The number of urea groups is 1. The Kier molecular flexibility index (Phi) is 4.88. The van der Waals surface area contributed by atoms with Gasteiger partial charge in [-0.2, -0.15) is 0 Å². The standard InChI is InChI=1S/C12H19N3O3S/c1-7-6-19-8(14-7)5-13-11(18)15-9(10(16)17)12(2,3)4/h6,9H,5H2,1-4H3,(H,16,17)(H2,13,15,18)/t9-/m1/s1. The second-order valence-corrected chi connectivity index (χ2v) is 6.29. The number of carbonyl (C=O) groups is 2. The SMILES string of the molecule is Cc1csc(CNC(=O)N[C@H](C(=O)O)C(C)(C)C)n1. The number of aryl methyl sites for hydroxylation is 1. The van der Waals surface area contributed by atoms with Crippen LogP contribution in [0.2, 0.25) is 0 Å². The van der Waals surface area contributed by atoms with Crippen LogP contribution in [-0.2, 0) is 11.3 Å². The summed E-state index contributed by atoms with van der Waals surface area (Å²) < 4.78 is 0. The first-order valence-electron chi connectivity index (χ1n) is 5.88. The Labute approximate surface area is 116 Å². The van der Waals surface area contributed by atoms with Gasteiger partial charge in [-0.25, -0.2) is 14.6 Å². The Morgan fingerprint density at radius 3 is 2.53 bits per heavy atom. The highest BCUT2D eigenvalue weighted by Gasteiger charge is 2.32. The zero-order valence-electron chi connectivity index (χ0n) is 11.5. The number of hydrogen-bond donors (Lipinski definition) is 3. The minimum atomic E-state index is -1.05. The molecule has 0 saturated carbocycles. The third-order valence-electron chi connectivity index (χ3n) is 2.46. The van der Waals surface area contributed by atoms with E-state index in [1.807, 2.05) is 12.3 Å². The monoisotopic (exact) mass is 285 g/mol. The number of carboxylic acids is 1. The molecule has 1 aromatic rings. The van der Waals surface area contributed by atoms with E-state index in [1.165, 1.54) is 11.3 Å². The predicted molar refractivity (Wildman–Crippen MR) is 73.1 cm³/mol. The molecule has 0 radical (unpaired) electrons. The summed E-state index contributed by atoms with van der Waals surface area (Å²) in [5.74, 6) is -1.05. The summed E-state index contributed by atoms with van der Waals surface area (Å²) >= 11 is 1.45. The molecule has 1 heterocycles. The Balaban J connectivity index is 2.52.